The van der Waals surface area contributed by atoms with Crippen LogP contribution in [0.3, 0.4) is 0 Å². The van der Waals surface area contributed by atoms with Gasteiger partial charge in [-0.15, -0.1) is 0 Å². The molecule has 3 heterocycles. The van der Waals surface area contributed by atoms with Gasteiger partial charge in [0.15, 0.2) is 0 Å². The first kappa shape index (κ1) is 9.76. The van der Waals surface area contributed by atoms with Crippen molar-refractivity contribution in [2.24, 2.45) is 0 Å². The third-order valence-corrected chi connectivity index (χ3v) is 5.11. The van der Waals surface area contributed by atoms with Crippen molar-refractivity contribution in [2.45, 2.75) is 0 Å². The summed E-state index contributed by atoms with van der Waals surface area (Å²) in [5.74, 6) is 0.868. The van der Waals surface area contributed by atoms with Gasteiger partial charge in [0.25, 0.3) is 0 Å². The number of nitrogens with one attached hydrogen (secondary N) is 3. The van der Waals surface area contributed by atoms with Gasteiger partial charge in [0.2, 0.25) is 0 Å². The van der Waals surface area contributed by atoms with E-state index in [4.69, 9.17) is 10.2 Å². The normalized spacial score (nSPS) is 38.8. The van der Waals surface area contributed by atoms with Crippen molar-refractivity contribution in [3.8, 4) is 0 Å². The second-order valence-electron chi connectivity index (χ2n) is 4.63. The largest absolute Gasteiger partial charge is 0.300 e. The molecule has 0 aromatic carbocycles. The second kappa shape index (κ2) is 3.16. The average molecular weight is 247 g/mol. The highest BCUT2D eigenvalue weighted by molar-refractivity contribution is 7.90. The lowest BCUT2D eigenvalue weighted by Gasteiger charge is -2.30. The zero-order valence-corrected chi connectivity index (χ0v) is 10.1. The Balaban J connectivity index is 1.98. The summed E-state index contributed by atoms with van der Waals surface area (Å²) < 4.78 is 8.14. The van der Waals surface area contributed by atoms with Crippen molar-refractivity contribution in [3.05, 3.63) is 33.9 Å². The molecule has 0 saturated carbocycles. The van der Waals surface area contributed by atoms with Crippen molar-refractivity contribution in [2.75, 3.05) is 25.4 Å². The fraction of sp³-hybridized carbons (Fsp3) is 0.364. The van der Waals surface area contributed by atoms with Crippen LogP contribution in [-0.2, 0) is 10.7 Å². The van der Waals surface area contributed by atoms with Crippen LogP contribution in [0.4, 0.5) is 0 Å². The molecule has 0 amide bonds. The standard InChI is InChI=1S/C11H13N5S/c12-10-8-2-1-7-5-15(6-9(7)10)14-16-3-4-17(13)11(8)16/h1-2,12-14H,3-6H2/b11-8+,12-10?. The van der Waals surface area contributed by atoms with Crippen LogP contribution < -0.4 is 5.53 Å². The smallest absolute Gasteiger partial charge is 0.106 e. The van der Waals surface area contributed by atoms with Gasteiger partial charge in [-0.25, -0.2) is 5.01 Å². The van der Waals surface area contributed by atoms with Crippen LogP contribution in [-0.4, -0.2) is 41.1 Å². The maximum Gasteiger partial charge on any atom is 0.106 e. The van der Waals surface area contributed by atoms with Crippen LogP contribution in [0.15, 0.2) is 33.9 Å². The lowest BCUT2D eigenvalue weighted by Crippen LogP contribution is -2.48. The Morgan fingerprint density at radius 2 is 2.18 bits per heavy atom. The maximum absolute atomic E-state index is 8.31. The van der Waals surface area contributed by atoms with Gasteiger partial charge in [-0.2, -0.15) is 5.53 Å². The molecule has 1 fully saturated rings. The first-order valence-electron chi connectivity index (χ1n) is 5.68. The van der Waals surface area contributed by atoms with Crippen molar-refractivity contribution in [3.63, 3.8) is 0 Å². The monoisotopic (exact) mass is 247 g/mol. The number of hydrazine groups is 2. The molecule has 3 N–H and O–H groups in total. The predicted octanol–water partition coefficient (Wildman–Crippen LogP) is 0.529. The van der Waals surface area contributed by atoms with E-state index in [1.165, 1.54) is 5.57 Å². The van der Waals surface area contributed by atoms with Gasteiger partial charge in [-0.3, -0.25) is 15.2 Å². The van der Waals surface area contributed by atoms with Gasteiger partial charge in [0, 0.05) is 31.0 Å². The minimum absolute atomic E-state index is 0.485. The van der Waals surface area contributed by atoms with E-state index in [-0.39, 0.29) is 0 Å². The molecule has 17 heavy (non-hydrogen) atoms. The number of hydrogen-bond acceptors (Lipinski definition) is 5. The highest BCUT2D eigenvalue weighted by atomic mass is 32.2. The molecule has 0 radical (unpaired) electrons. The number of nitrogens with zero attached hydrogens (tertiary/aromatic N) is 2. The van der Waals surface area contributed by atoms with Crippen LogP contribution in [0.1, 0.15) is 0 Å². The van der Waals surface area contributed by atoms with Crippen molar-refractivity contribution in [1.82, 2.24) is 15.6 Å². The van der Waals surface area contributed by atoms with Crippen molar-refractivity contribution < 1.29 is 0 Å². The van der Waals surface area contributed by atoms with Crippen LogP contribution in [0.5, 0.6) is 0 Å². The van der Waals surface area contributed by atoms with Crippen LogP contribution in [0.25, 0.3) is 0 Å². The molecule has 3 bridgehead atoms. The maximum atomic E-state index is 8.31. The topological polar surface area (TPSA) is 66.2 Å². The van der Waals surface area contributed by atoms with Crippen molar-refractivity contribution in [1.29, 1.82) is 10.2 Å². The number of hydrogen-bond donors (Lipinski definition) is 3. The summed E-state index contributed by atoms with van der Waals surface area (Å²) in [5, 5.41) is 13.5. The molecule has 2 unspecified atom stereocenters. The van der Waals surface area contributed by atoms with Crippen LogP contribution in [0, 0.1) is 10.2 Å². The predicted molar refractivity (Wildman–Crippen MR) is 67.3 cm³/mol. The molecule has 0 aromatic heterocycles. The summed E-state index contributed by atoms with van der Waals surface area (Å²) in [4.78, 5) is 0. The van der Waals surface area contributed by atoms with E-state index in [0.717, 1.165) is 41.6 Å². The van der Waals surface area contributed by atoms with E-state index >= 15 is 0 Å². The van der Waals surface area contributed by atoms with Gasteiger partial charge in [0.1, 0.15) is 5.03 Å². The molecule has 1 aliphatic carbocycles. The molecule has 3 aliphatic heterocycles. The quantitative estimate of drug-likeness (QED) is 0.585. The minimum Gasteiger partial charge on any atom is -0.300 e. The number of allylic oxidation sites excluding steroid dienone is 2. The molecule has 4 aliphatic rings. The molecule has 88 valence electrons. The third-order valence-electron chi connectivity index (χ3n) is 3.61. The number of rotatable bonds is 0. The Bertz CT molecular complexity index is 556. The highest BCUT2D eigenvalue weighted by Crippen LogP contribution is 2.33. The Hall–Kier alpha value is -1.24. The zero-order chi connectivity index (χ0) is 11.6. The summed E-state index contributed by atoms with van der Waals surface area (Å²) in [6.07, 6.45) is 4.15. The van der Waals surface area contributed by atoms with E-state index in [1.54, 1.807) is 0 Å². The van der Waals surface area contributed by atoms with Gasteiger partial charge in [-0.1, -0.05) is 16.8 Å². The van der Waals surface area contributed by atoms with Gasteiger partial charge in [-0.05, 0) is 17.2 Å². The van der Waals surface area contributed by atoms with Crippen molar-refractivity contribution >= 4 is 16.4 Å². The first-order chi connectivity index (χ1) is 8.24. The van der Waals surface area contributed by atoms with E-state index < -0.39 is 10.7 Å². The summed E-state index contributed by atoms with van der Waals surface area (Å²) in [6.45, 7) is 2.53. The van der Waals surface area contributed by atoms with Crippen LogP contribution in [0.2, 0.25) is 0 Å². The van der Waals surface area contributed by atoms with E-state index in [9.17, 15) is 0 Å². The SMILES string of the molecule is N=C1C2=C3C=C/C1=C1/N(CCS1=N)NN(C3)C2. The summed E-state index contributed by atoms with van der Waals surface area (Å²) in [7, 11) is -0.485. The molecular weight excluding hydrogens is 234 g/mol. The zero-order valence-electron chi connectivity index (χ0n) is 9.29. The number of fused-ring (bicyclic) bond motifs is 3. The third kappa shape index (κ3) is 1.20. The Kier molecular flexibility index (Phi) is 1.81. The van der Waals surface area contributed by atoms with Crippen LogP contribution >= 0.6 is 0 Å². The molecule has 5 nitrogen and oxygen atoms in total. The summed E-state index contributed by atoms with van der Waals surface area (Å²) in [5.41, 5.74) is 7.35. The Morgan fingerprint density at radius 3 is 3.06 bits per heavy atom. The van der Waals surface area contributed by atoms with Gasteiger partial charge >= 0.3 is 0 Å². The van der Waals surface area contributed by atoms with E-state index in [1.807, 2.05) is 6.08 Å². The highest BCUT2D eigenvalue weighted by Gasteiger charge is 2.36. The molecular formula is C11H13N5S. The van der Waals surface area contributed by atoms with Gasteiger partial charge in [0.05, 0.1) is 5.71 Å². The second-order valence-corrected chi connectivity index (χ2v) is 6.21. The molecule has 4 rings (SSSR count). The fourth-order valence-corrected chi connectivity index (χ4v) is 4.17. The lowest BCUT2D eigenvalue weighted by molar-refractivity contribution is 0.0887. The molecule has 2 atom stereocenters. The summed E-state index contributed by atoms with van der Waals surface area (Å²) in [6, 6.07) is 0. The molecule has 0 spiro atoms. The Labute approximate surface area is 102 Å². The van der Waals surface area contributed by atoms with Gasteiger partial charge < -0.3 is 0 Å². The lowest BCUT2D eigenvalue weighted by atomic mass is 9.94. The average Bonchev–Trinajstić information content (AvgIpc) is 2.87. The fourth-order valence-electron chi connectivity index (χ4n) is 2.78. The minimum atomic E-state index is -0.485. The molecule has 1 saturated heterocycles. The van der Waals surface area contributed by atoms with E-state index in [0.29, 0.717) is 5.71 Å². The molecule has 6 heteroatoms. The Morgan fingerprint density at radius 1 is 1.29 bits per heavy atom. The summed E-state index contributed by atoms with van der Waals surface area (Å²) >= 11 is 0. The van der Waals surface area contributed by atoms with E-state index in [2.05, 4.69) is 21.6 Å². The molecule has 0 aromatic rings. The first-order valence-corrected chi connectivity index (χ1v) is 7.08.